The molecule has 0 radical (unpaired) electrons. The van der Waals surface area contributed by atoms with Gasteiger partial charge in [0.25, 0.3) is 0 Å². The molecule has 0 aromatic heterocycles. The van der Waals surface area contributed by atoms with Crippen LogP contribution in [0.25, 0.3) is 0 Å². The van der Waals surface area contributed by atoms with E-state index in [1.165, 1.54) is 25.5 Å². The van der Waals surface area contributed by atoms with Crippen LogP contribution in [0.4, 0.5) is 0 Å². The number of carbonyl (C=O) groups is 8. The second kappa shape index (κ2) is 29.0. The molecule has 1 aromatic rings. The number of aliphatic hydroxyl groups excluding tert-OH is 7. The standard InChI is InChI=1S/C50H80N8O16/c1-5-26(2)21-27(3)13-10-8-6-7-9-11-15-37(65)53-32-14-12-20-52-48(72)41-43(67)35(63)25-58(41)50(74)39(34(62)23-36(51)64)55-47(71)40(44(68)42(66)29-16-18-30(60)19-17-29)56-46(70)33-22-31(61)24-57(33)49(73)38(28(4)59)54-45(32)69/h16-19,26-28,31-35,38-44,59-63,66-68H,5-15,20-25H2,1-4H3,(H2,51,64)(H,52,72)(H,53,65)(H,54,69)(H,55,71)(H,56,70). The van der Waals surface area contributed by atoms with Crippen molar-refractivity contribution in [3.05, 3.63) is 29.8 Å². The van der Waals surface area contributed by atoms with Gasteiger partial charge < -0.3 is 83.0 Å². The Morgan fingerprint density at radius 2 is 1.36 bits per heavy atom. The zero-order valence-electron chi connectivity index (χ0n) is 42.8. The Kier molecular flexibility index (Phi) is 23.9. The molecule has 74 heavy (non-hydrogen) atoms. The number of aromatic hydroxyl groups is 1. The van der Waals surface area contributed by atoms with Crippen molar-refractivity contribution in [2.24, 2.45) is 17.6 Å². The molecule has 3 saturated heterocycles. The van der Waals surface area contributed by atoms with Crippen LogP contribution in [-0.4, -0.2) is 190 Å². The minimum atomic E-state index is -2.35. The lowest BCUT2D eigenvalue weighted by molar-refractivity contribution is -0.148. The van der Waals surface area contributed by atoms with Gasteiger partial charge in [-0.3, -0.25) is 38.4 Å². The first-order valence-electron chi connectivity index (χ1n) is 25.9. The lowest BCUT2D eigenvalue weighted by atomic mass is 9.91. The Morgan fingerprint density at radius 3 is 2.00 bits per heavy atom. The predicted octanol–water partition coefficient (Wildman–Crippen LogP) is -2.66. The highest BCUT2D eigenvalue weighted by Gasteiger charge is 2.51. The number of benzene rings is 1. The highest BCUT2D eigenvalue weighted by atomic mass is 16.3. The zero-order valence-corrected chi connectivity index (χ0v) is 42.8. The van der Waals surface area contributed by atoms with Gasteiger partial charge in [-0.05, 0) is 62.1 Å². The average Bonchev–Trinajstić information content (AvgIpc) is 3.89. The lowest BCUT2D eigenvalue weighted by Crippen LogP contribution is -2.64. The van der Waals surface area contributed by atoms with Gasteiger partial charge in [0.1, 0.15) is 60.3 Å². The maximum atomic E-state index is 14.4. The average molecular weight is 1050 g/mol. The molecule has 24 heteroatoms. The summed E-state index contributed by atoms with van der Waals surface area (Å²) in [4.78, 5) is 112. The van der Waals surface area contributed by atoms with Crippen molar-refractivity contribution in [2.45, 2.75) is 197 Å². The second-order valence-corrected chi connectivity index (χ2v) is 20.4. The summed E-state index contributed by atoms with van der Waals surface area (Å²) in [6.45, 7) is 6.37. The molecule has 3 fully saturated rings. The van der Waals surface area contributed by atoms with Crippen molar-refractivity contribution in [1.29, 1.82) is 0 Å². The Morgan fingerprint density at radius 1 is 0.757 bits per heavy atom. The minimum Gasteiger partial charge on any atom is -0.508 e. The summed E-state index contributed by atoms with van der Waals surface area (Å²) in [6, 6.07) is -6.71. The van der Waals surface area contributed by atoms with Gasteiger partial charge in [-0.25, -0.2) is 0 Å². The van der Waals surface area contributed by atoms with Crippen LogP contribution in [-0.2, 0) is 38.4 Å². The number of unbranched alkanes of at least 4 members (excludes halogenated alkanes) is 5. The van der Waals surface area contributed by atoms with Crippen molar-refractivity contribution >= 4 is 47.3 Å². The first kappa shape index (κ1) is 61.1. The van der Waals surface area contributed by atoms with Crippen molar-refractivity contribution in [1.82, 2.24) is 36.4 Å². The van der Waals surface area contributed by atoms with Crippen molar-refractivity contribution in [3.8, 4) is 5.75 Å². The fraction of sp³-hybridized carbons (Fsp3) is 0.720. The Hall–Kier alpha value is -5.50. The summed E-state index contributed by atoms with van der Waals surface area (Å²) in [5, 5.41) is 99.5. The maximum Gasteiger partial charge on any atom is 0.248 e. The smallest absolute Gasteiger partial charge is 0.248 e. The summed E-state index contributed by atoms with van der Waals surface area (Å²) in [5.41, 5.74) is 5.23. The number of fused-ring (bicyclic) bond motifs is 2. The van der Waals surface area contributed by atoms with E-state index in [1.807, 2.05) is 0 Å². The topological polar surface area (TPSA) is 391 Å². The molecule has 15 unspecified atom stereocenters. The van der Waals surface area contributed by atoms with Crippen LogP contribution in [0.2, 0.25) is 0 Å². The van der Waals surface area contributed by atoms with Gasteiger partial charge in [-0.2, -0.15) is 0 Å². The summed E-state index contributed by atoms with van der Waals surface area (Å²) in [7, 11) is 0. The molecule has 15 N–H and O–H groups in total. The van der Waals surface area contributed by atoms with E-state index >= 15 is 0 Å². The van der Waals surface area contributed by atoms with Crippen LogP contribution in [0.1, 0.15) is 129 Å². The van der Waals surface area contributed by atoms with Crippen LogP contribution in [0, 0.1) is 11.8 Å². The number of amides is 8. The molecule has 416 valence electrons. The van der Waals surface area contributed by atoms with E-state index in [0.717, 1.165) is 62.0 Å². The normalized spacial score (nSPS) is 28.2. The summed E-state index contributed by atoms with van der Waals surface area (Å²) in [6.07, 6.45) is -6.09. The van der Waals surface area contributed by atoms with Crippen LogP contribution < -0.4 is 32.3 Å². The van der Waals surface area contributed by atoms with E-state index < -0.39 is 152 Å². The first-order chi connectivity index (χ1) is 34.9. The fourth-order valence-corrected chi connectivity index (χ4v) is 9.76. The highest BCUT2D eigenvalue weighted by Crippen LogP contribution is 2.27. The fourth-order valence-electron chi connectivity index (χ4n) is 9.76. The van der Waals surface area contributed by atoms with Gasteiger partial charge >= 0.3 is 0 Å². The SMILES string of the molecule is CCC(C)CC(C)CCCCCCCCC(=O)NC1CCCNC(=O)C2C(O)C(O)CN2C(=O)C(C(O)CC(N)=O)NC(=O)C(C(O)C(O)c2ccc(O)cc2)NC(=O)C2CC(O)CN2C(=O)C(C(C)O)NC1=O. The number of rotatable bonds is 20. The van der Waals surface area contributed by atoms with Gasteiger partial charge in [0.2, 0.25) is 47.3 Å². The first-order valence-corrected chi connectivity index (χ1v) is 25.9. The number of phenolic OH excluding ortho intramolecular Hbond substituents is 1. The van der Waals surface area contributed by atoms with E-state index in [0.29, 0.717) is 23.2 Å². The van der Waals surface area contributed by atoms with E-state index in [9.17, 15) is 79.2 Å². The molecule has 0 spiro atoms. The van der Waals surface area contributed by atoms with Gasteiger partial charge in [0.05, 0.1) is 37.4 Å². The highest BCUT2D eigenvalue weighted by molar-refractivity contribution is 5.98. The molecule has 15 atom stereocenters. The van der Waals surface area contributed by atoms with Crippen LogP contribution in [0.3, 0.4) is 0 Å². The number of phenols is 1. The van der Waals surface area contributed by atoms with E-state index in [2.05, 4.69) is 47.4 Å². The number of hydrogen-bond donors (Lipinski definition) is 14. The Balaban J connectivity index is 1.66. The largest absolute Gasteiger partial charge is 0.508 e. The molecule has 4 rings (SSSR count). The molecule has 3 aliphatic rings. The third-order valence-electron chi connectivity index (χ3n) is 14.2. The van der Waals surface area contributed by atoms with Gasteiger partial charge in [-0.15, -0.1) is 0 Å². The molecule has 0 aliphatic carbocycles. The molecule has 8 amide bonds. The number of carbonyl (C=O) groups excluding carboxylic acids is 8. The van der Waals surface area contributed by atoms with Gasteiger partial charge in [0.15, 0.2) is 0 Å². The Labute approximate surface area is 431 Å². The molecule has 3 heterocycles. The molecule has 0 saturated carbocycles. The van der Waals surface area contributed by atoms with E-state index in [-0.39, 0.29) is 37.1 Å². The number of primary amides is 1. The molecular formula is C50H80N8O16. The lowest BCUT2D eigenvalue weighted by Gasteiger charge is -2.34. The summed E-state index contributed by atoms with van der Waals surface area (Å²) >= 11 is 0. The minimum absolute atomic E-state index is 0.0492. The van der Waals surface area contributed by atoms with Crippen LogP contribution in [0.15, 0.2) is 24.3 Å². The number of hydrogen-bond acceptors (Lipinski definition) is 16. The van der Waals surface area contributed by atoms with Gasteiger partial charge in [0, 0.05) is 25.9 Å². The van der Waals surface area contributed by atoms with Crippen molar-refractivity contribution in [2.75, 3.05) is 19.6 Å². The maximum absolute atomic E-state index is 14.4. The van der Waals surface area contributed by atoms with Crippen LogP contribution in [0.5, 0.6) is 5.75 Å². The van der Waals surface area contributed by atoms with E-state index in [1.54, 1.807) is 0 Å². The third kappa shape index (κ3) is 17.3. The third-order valence-corrected chi connectivity index (χ3v) is 14.2. The Bertz CT molecular complexity index is 2070. The monoisotopic (exact) mass is 1050 g/mol. The number of nitrogens with two attached hydrogens (primary N) is 1. The zero-order chi connectivity index (χ0) is 55.0. The second-order valence-electron chi connectivity index (χ2n) is 20.4. The number of nitrogens with one attached hydrogen (secondary N) is 5. The quantitative estimate of drug-likeness (QED) is 0.0593. The predicted molar refractivity (Wildman–Crippen MR) is 264 cm³/mol. The van der Waals surface area contributed by atoms with Crippen molar-refractivity contribution in [3.63, 3.8) is 0 Å². The van der Waals surface area contributed by atoms with E-state index in [4.69, 9.17) is 5.73 Å². The summed E-state index contributed by atoms with van der Waals surface area (Å²) < 4.78 is 0. The number of nitrogens with zero attached hydrogens (tertiary/aromatic N) is 2. The molecule has 0 bridgehead atoms. The number of aliphatic hydroxyl groups is 7. The molecule has 1 aromatic carbocycles. The molecule has 3 aliphatic heterocycles. The molecule has 24 nitrogen and oxygen atoms in total. The van der Waals surface area contributed by atoms with Gasteiger partial charge in [-0.1, -0.05) is 77.8 Å². The summed E-state index contributed by atoms with van der Waals surface area (Å²) in [5.74, 6) is -7.73. The van der Waals surface area contributed by atoms with Crippen molar-refractivity contribution < 1.29 is 79.2 Å². The molecular weight excluding hydrogens is 969 g/mol. The van der Waals surface area contributed by atoms with Crippen LogP contribution >= 0.6 is 0 Å².